The quantitative estimate of drug-likeness (QED) is 0.679. The second kappa shape index (κ2) is 5.15. The summed E-state index contributed by atoms with van der Waals surface area (Å²) in [6.07, 6.45) is 0.659. The van der Waals surface area contributed by atoms with Crippen molar-refractivity contribution in [2.24, 2.45) is 4.99 Å². The summed E-state index contributed by atoms with van der Waals surface area (Å²) in [5, 5.41) is 0.777. The van der Waals surface area contributed by atoms with Crippen LogP contribution in [0.1, 0.15) is 5.56 Å². The summed E-state index contributed by atoms with van der Waals surface area (Å²) < 4.78 is 11.1. The van der Waals surface area contributed by atoms with Gasteiger partial charge in [0, 0.05) is 6.42 Å². The minimum Gasteiger partial charge on any atom is -0.484 e. The lowest BCUT2D eigenvalue weighted by Gasteiger charge is -2.17. The van der Waals surface area contributed by atoms with Crippen LogP contribution in [-0.4, -0.2) is 12.3 Å². The molecule has 0 aliphatic carbocycles. The van der Waals surface area contributed by atoms with Crippen molar-refractivity contribution in [2.75, 3.05) is 6.61 Å². The number of hydrogen-bond acceptors (Lipinski definition) is 4. The zero-order chi connectivity index (χ0) is 14.9. The van der Waals surface area contributed by atoms with Crippen LogP contribution in [0.4, 0.5) is 5.69 Å². The number of rotatable bonds is 2. The Morgan fingerprint density at radius 2 is 1.77 bits per heavy atom. The lowest BCUT2D eigenvalue weighted by atomic mass is 10.1. The molecule has 0 bridgehead atoms. The van der Waals surface area contributed by atoms with Gasteiger partial charge in [-0.25, -0.2) is 9.79 Å². The molecule has 1 aromatic heterocycles. The fraction of sp³-hybridized carbons (Fsp3) is 0.111. The number of aliphatic imine (C=N–C) groups is 1. The molecule has 0 unspecified atom stereocenters. The number of nitrogens with zero attached hydrogens (tertiary/aromatic N) is 1. The van der Waals surface area contributed by atoms with Crippen LogP contribution in [0.2, 0.25) is 0 Å². The first-order chi connectivity index (χ1) is 10.8. The molecule has 0 radical (unpaired) electrons. The Hall–Kier alpha value is -2.88. The van der Waals surface area contributed by atoms with Gasteiger partial charge in [0.1, 0.15) is 12.2 Å². The second-order valence-corrected chi connectivity index (χ2v) is 5.19. The van der Waals surface area contributed by atoms with Gasteiger partial charge < -0.3 is 9.15 Å². The molecule has 4 heteroatoms. The van der Waals surface area contributed by atoms with E-state index >= 15 is 0 Å². The Labute approximate surface area is 126 Å². The Balaban J connectivity index is 1.80. The predicted molar refractivity (Wildman–Crippen MR) is 85.2 cm³/mol. The third-order valence-corrected chi connectivity index (χ3v) is 3.65. The average Bonchev–Trinajstić information content (AvgIpc) is 2.56. The summed E-state index contributed by atoms with van der Waals surface area (Å²) in [5.74, 6) is 0.517. The van der Waals surface area contributed by atoms with E-state index in [1.807, 2.05) is 48.5 Å². The number of ether oxygens (including phenoxy) is 1. The topological polar surface area (TPSA) is 51.8 Å². The van der Waals surface area contributed by atoms with Crippen molar-refractivity contribution in [3.63, 3.8) is 0 Å². The molecular weight excluding hydrogens is 278 g/mol. The van der Waals surface area contributed by atoms with Crippen LogP contribution >= 0.6 is 0 Å². The molecule has 4 nitrogen and oxygen atoms in total. The highest BCUT2D eigenvalue weighted by Gasteiger charge is 2.21. The van der Waals surface area contributed by atoms with E-state index in [9.17, 15) is 4.79 Å². The van der Waals surface area contributed by atoms with Crippen LogP contribution < -0.4 is 10.4 Å². The molecule has 0 atom stereocenters. The van der Waals surface area contributed by atoms with E-state index in [4.69, 9.17) is 9.15 Å². The van der Waals surface area contributed by atoms with Crippen LogP contribution in [0.3, 0.4) is 0 Å². The third-order valence-electron chi connectivity index (χ3n) is 3.65. The van der Waals surface area contributed by atoms with Gasteiger partial charge in [0.05, 0.1) is 11.1 Å². The van der Waals surface area contributed by atoms with Crippen molar-refractivity contribution >= 4 is 22.4 Å². The van der Waals surface area contributed by atoms with Crippen molar-refractivity contribution in [3.8, 4) is 5.75 Å². The fourth-order valence-electron chi connectivity index (χ4n) is 2.62. The average molecular weight is 291 g/mol. The maximum absolute atomic E-state index is 12.1. The summed E-state index contributed by atoms with van der Waals surface area (Å²) in [7, 11) is 0. The van der Waals surface area contributed by atoms with Crippen LogP contribution in [-0.2, 0) is 6.42 Å². The monoisotopic (exact) mass is 291 g/mol. The van der Waals surface area contributed by atoms with Gasteiger partial charge in [-0.2, -0.15) is 0 Å². The van der Waals surface area contributed by atoms with Gasteiger partial charge in [-0.1, -0.05) is 42.5 Å². The van der Waals surface area contributed by atoms with Gasteiger partial charge in [-0.15, -0.1) is 0 Å². The first kappa shape index (κ1) is 12.8. The minimum absolute atomic E-state index is 0.260. The Morgan fingerprint density at radius 3 is 2.64 bits per heavy atom. The maximum Gasteiger partial charge on any atom is 0.366 e. The van der Waals surface area contributed by atoms with Crippen molar-refractivity contribution in [3.05, 3.63) is 70.6 Å². The summed E-state index contributed by atoms with van der Waals surface area (Å²) in [5.41, 5.74) is 2.28. The summed E-state index contributed by atoms with van der Waals surface area (Å²) >= 11 is 0. The standard InChI is InChI=1S/C18H13NO3/c20-18-16-17(14-8-4-5-9-15(14)22-18)21-11-13(19-16)10-12-6-2-1-3-7-12/h1-9H,10-11H2. The first-order valence-corrected chi connectivity index (χ1v) is 7.10. The number of fused-ring (bicyclic) bond motifs is 3. The van der Waals surface area contributed by atoms with Crippen LogP contribution in [0, 0.1) is 0 Å². The van der Waals surface area contributed by atoms with Crippen molar-refractivity contribution in [1.82, 2.24) is 0 Å². The highest BCUT2D eigenvalue weighted by Crippen LogP contribution is 2.35. The van der Waals surface area contributed by atoms with Crippen LogP contribution in [0.25, 0.3) is 11.0 Å². The number of benzene rings is 2. The molecule has 2 aromatic carbocycles. The molecule has 0 N–H and O–H groups in total. The molecule has 1 aliphatic heterocycles. The molecule has 0 fully saturated rings. The zero-order valence-corrected chi connectivity index (χ0v) is 11.8. The SMILES string of the molecule is O=c1oc2ccccc2c2c1N=C(Cc1ccccc1)CO2. The van der Waals surface area contributed by atoms with Crippen molar-refractivity contribution < 1.29 is 9.15 Å². The van der Waals surface area contributed by atoms with E-state index in [2.05, 4.69) is 4.99 Å². The lowest BCUT2D eigenvalue weighted by molar-refractivity contribution is 0.370. The molecule has 3 aromatic rings. The molecule has 0 amide bonds. The summed E-state index contributed by atoms with van der Waals surface area (Å²) in [4.78, 5) is 16.6. The van der Waals surface area contributed by atoms with Gasteiger partial charge in [0.2, 0.25) is 0 Å². The van der Waals surface area contributed by atoms with Gasteiger partial charge >= 0.3 is 5.63 Å². The van der Waals surface area contributed by atoms with Gasteiger partial charge in [-0.3, -0.25) is 0 Å². The summed E-state index contributed by atoms with van der Waals surface area (Å²) in [6, 6.07) is 17.3. The largest absolute Gasteiger partial charge is 0.484 e. The van der Waals surface area contributed by atoms with E-state index < -0.39 is 5.63 Å². The molecule has 108 valence electrons. The molecule has 1 aliphatic rings. The first-order valence-electron chi connectivity index (χ1n) is 7.10. The van der Waals surface area contributed by atoms with Gasteiger partial charge in [-0.05, 0) is 17.7 Å². The zero-order valence-electron chi connectivity index (χ0n) is 11.8. The number of para-hydroxylation sites is 1. The van der Waals surface area contributed by atoms with Gasteiger partial charge in [0.25, 0.3) is 0 Å². The van der Waals surface area contributed by atoms with E-state index in [0.717, 1.165) is 16.7 Å². The van der Waals surface area contributed by atoms with Crippen molar-refractivity contribution in [1.29, 1.82) is 0 Å². The van der Waals surface area contributed by atoms with Crippen LogP contribution in [0.15, 0.2) is 68.8 Å². The molecular formula is C18H13NO3. The Bertz CT molecular complexity index is 926. The van der Waals surface area contributed by atoms with E-state index in [1.165, 1.54) is 0 Å². The summed E-state index contributed by atoms with van der Waals surface area (Å²) in [6.45, 7) is 0.384. The van der Waals surface area contributed by atoms with E-state index in [0.29, 0.717) is 24.4 Å². The lowest BCUT2D eigenvalue weighted by Crippen LogP contribution is -2.20. The molecule has 0 saturated heterocycles. The molecule has 0 spiro atoms. The van der Waals surface area contributed by atoms with E-state index in [-0.39, 0.29) is 5.69 Å². The molecule has 2 heterocycles. The predicted octanol–water partition coefficient (Wildman–Crippen LogP) is 3.50. The number of hydrogen-bond donors (Lipinski definition) is 0. The smallest absolute Gasteiger partial charge is 0.366 e. The normalized spacial score (nSPS) is 13.4. The van der Waals surface area contributed by atoms with E-state index in [1.54, 1.807) is 6.07 Å². The second-order valence-electron chi connectivity index (χ2n) is 5.19. The molecule has 22 heavy (non-hydrogen) atoms. The highest BCUT2D eigenvalue weighted by atomic mass is 16.5. The van der Waals surface area contributed by atoms with Crippen LogP contribution in [0.5, 0.6) is 5.75 Å². The minimum atomic E-state index is -0.459. The van der Waals surface area contributed by atoms with Crippen molar-refractivity contribution in [2.45, 2.75) is 6.42 Å². The molecule has 4 rings (SSSR count). The third kappa shape index (κ3) is 2.19. The Morgan fingerprint density at radius 1 is 1.00 bits per heavy atom. The maximum atomic E-state index is 12.1. The highest BCUT2D eigenvalue weighted by molar-refractivity contribution is 5.96. The fourth-order valence-corrected chi connectivity index (χ4v) is 2.62. The van der Waals surface area contributed by atoms with Gasteiger partial charge in [0.15, 0.2) is 11.4 Å². The Kier molecular flexibility index (Phi) is 3.00. The molecule has 0 saturated carbocycles.